The lowest BCUT2D eigenvalue weighted by Crippen LogP contribution is -2.42. The number of hydrogen-bond acceptors (Lipinski definition) is 4. The maximum absolute atomic E-state index is 13.4. The van der Waals surface area contributed by atoms with Gasteiger partial charge in [0.15, 0.2) is 5.60 Å². The van der Waals surface area contributed by atoms with E-state index in [1.165, 1.54) is 20.1 Å². The molecule has 0 heterocycles. The van der Waals surface area contributed by atoms with E-state index in [2.05, 4.69) is 10.1 Å². The molecule has 0 saturated heterocycles. The van der Waals surface area contributed by atoms with Crippen LogP contribution in [-0.2, 0) is 9.53 Å². The Kier molecular flexibility index (Phi) is 4.07. The number of carbonyl (C=O) groups is 1. The number of hydrogen-bond donors (Lipinski definition) is 2. The SMILES string of the molecule is COC(=O)C(C)(O)CNc1ccc(C)cc1F. The Hall–Kier alpha value is -1.62. The van der Waals surface area contributed by atoms with Gasteiger partial charge in [-0.1, -0.05) is 6.07 Å². The summed E-state index contributed by atoms with van der Waals surface area (Å²) >= 11 is 0. The van der Waals surface area contributed by atoms with E-state index in [0.29, 0.717) is 0 Å². The fraction of sp³-hybridized carbons (Fsp3) is 0.417. The molecule has 0 fully saturated rings. The zero-order chi connectivity index (χ0) is 13.1. The maximum Gasteiger partial charge on any atom is 0.339 e. The third kappa shape index (κ3) is 3.42. The van der Waals surface area contributed by atoms with Crippen molar-refractivity contribution in [3.05, 3.63) is 29.6 Å². The number of anilines is 1. The molecule has 1 aromatic rings. The number of halogens is 1. The van der Waals surface area contributed by atoms with Crippen LogP contribution < -0.4 is 5.32 Å². The van der Waals surface area contributed by atoms with Gasteiger partial charge in [-0.25, -0.2) is 9.18 Å². The van der Waals surface area contributed by atoms with Crippen molar-refractivity contribution in [2.24, 2.45) is 0 Å². The molecule has 0 aliphatic heterocycles. The summed E-state index contributed by atoms with van der Waals surface area (Å²) in [5.74, 6) is -1.19. The van der Waals surface area contributed by atoms with Gasteiger partial charge in [0.1, 0.15) is 5.82 Å². The Morgan fingerprint density at radius 3 is 2.76 bits per heavy atom. The average Bonchev–Trinajstić information content (AvgIpc) is 2.26. The molecule has 1 unspecified atom stereocenters. The van der Waals surface area contributed by atoms with E-state index in [9.17, 15) is 14.3 Å². The zero-order valence-corrected chi connectivity index (χ0v) is 10.1. The lowest BCUT2D eigenvalue weighted by Gasteiger charge is -2.21. The molecular formula is C12H16FNO3. The zero-order valence-electron chi connectivity index (χ0n) is 10.1. The lowest BCUT2D eigenvalue weighted by molar-refractivity contribution is -0.158. The first-order chi connectivity index (χ1) is 7.86. The first-order valence-electron chi connectivity index (χ1n) is 5.17. The van der Waals surface area contributed by atoms with Crippen LogP contribution in [0.5, 0.6) is 0 Å². The molecule has 0 aliphatic carbocycles. The highest BCUT2D eigenvalue weighted by atomic mass is 19.1. The van der Waals surface area contributed by atoms with E-state index in [1.54, 1.807) is 19.1 Å². The van der Waals surface area contributed by atoms with Crippen molar-refractivity contribution in [3.8, 4) is 0 Å². The smallest absolute Gasteiger partial charge is 0.339 e. The quantitative estimate of drug-likeness (QED) is 0.784. The van der Waals surface area contributed by atoms with Crippen molar-refractivity contribution in [2.75, 3.05) is 19.0 Å². The minimum Gasteiger partial charge on any atom is -0.467 e. The van der Waals surface area contributed by atoms with Gasteiger partial charge in [0.25, 0.3) is 0 Å². The van der Waals surface area contributed by atoms with Gasteiger partial charge in [0.05, 0.1) is 19.3 Å². The minimum absolute atomic E-state index is 0.125. The highest BCUT2D eigenvalue weighted by Gasteiger charge is 2.31. The molecule has 0 spiro atoms. The minimum atomic E-state index is -1.69. The Morgan fingerprint density at radius 1 is 1.59 bits per heavy atom. The number of aryl methyl sites for hydroxylation is 1. The molecule has 0 aliphatic rings. The van der Waals surface area contributed by atoms with Crippen LogP contribution in [-0.4, -0.2) is 30.3 Å². The van der Waals surface area contributed by atoms with Crippen LogP contribution in [0, 0.1) is 12.7 Å². The molecule has 1 rings (SSSR count). The molecule has 0 bridgehead atoms. The van der Waals surface area contributed by atoms with E-state index in [4.69, 9.17) is 0 Å². The van der Waals surface area contributed by atoms with Crippen molar-refractivity contribution in [3.63, 3.8) is 0 Å². The number of rotatable bonds is 4. The number of nitrogens with one attached hydrogen (secondary N) is 1. The summed E-state index contributed by atoms with van der Waals surface area (Å²) in [7, 11) is 1.18. The average molecular weight is 241 g/mol. The molecule has 1 atom stereocenters. The molecule has 4 nitrogen and oxygen atoms in total. The van der Waals surface area contributed by atoms with E-state index in [0.717, 1.165) is 5.56 Å². The standard InChI is InChI=1S/C12H16FNO3/c1-8-4-5-10(9(13)6-8)14-7-12(2,16)11(15)17-3/h4-6,14,16H,7H2,1-3H3. The highest BCUT2D eigenvalue weighted by Crippen LogP contribution is 2.16. The molecule has 5 heteroatoms. The number of ether oxygens (including phenoxy) is 1. The van der Waals surface area contributed by atoms with Crippen molar-refractivity contribution >= 4 is 11.7 Å². The molecule has 17 heavy (non-hydrogen) atoms. The van der Waals surface area contributed by atoms with Crippen LogP contribution in [0.1, 0.15) is 12.5 Å². The van der Waals surface area contributed by atoms with Crippen LogP contribution in [0.25, 0.3) is 0 Å². The third-order valence-corrected chi connectivity index (χ3v) is 2.37. The number of aliphatic hydroxyl groups is 1. The summed E-state index contributed by atoms with van der Waals surface area (Å²) in [5, 5.41) is 12.4. The molecule has 94 valence electrons. The molecular weight excluding hydrogens is 225 g/mol. The van der Waals surface area contributed by atoms with Crippen molar-refractivity contribution in [1.82, 2.24) is 0 Å². The molecule has 0 aromatic heterocycles. The van der Waals surface area contributed by atoms with Gasteiger partial charge in [-0.2, -0.15) is 0 Å². The highest BCUT2D eigenvalue weighted by molar-refractivity contribution is 5.79. The van der Waals surface area contributed by atoms with Crippen molar-refractivity contribution in [1.29, 1.82) is 0 Å². The van der Waals surface area contributed by atoms with E-state index >= 15 is 0 Å². The van der Waals surface area contributed by atoms with Gasteiger partial charge >= 0.3 is 5.97 Å². The predicted octanol–water partition coefficient (Wildman–Crippen LogP) is 1.47. The van der Waals surface area contributed by atoms with Gasteiger partial charge in [0.2, 0.25) is 0 Å². The van der Waals surface area contributed by atoms with Gasteiger partial charge in [-0.3, -0.25) is 0 Å². The number of benzene rings is 1. The van der Waals surface area contributed by atoms with E-state index in [-0.39, 0.29) is 12.2 Å². The maximum atomic E-state index is 13.4. The van der Waals surface area contributed by atoms with Gasteiger partial charge in [-0.15, -0.1) is 0 Å². The summed E-state index contributed by atoms with van der Waals surface area (Å²) in [6.45, 7) is 2.95. The molecule has 1 aromatic carbocycles. The first-order valence-corrected chi connectivity index (χ1v) is 5.17. The molecule has 0 saturated carbocycles. The largest absolute Gasteiger partial charge is 0.467 e. The summed E-state index contributed by atoms with van der Waals surface area (Å²) < 4.78 is 17.9. The second-order valence-corrected chi connectivity index (χ2v) is 4.10. The number of carbonyl (C=O) groups excluding carboxylic acids is 1. The summed E-state index contributed by atoms with van der Waals surface area (Å²) in [6, 6.07) is 4.66. The Morgan fingerprint density at radius 2 is 2.24 bits per heavy atom. The first kappa shape index (κ1) is 13.4. The molecule has 2 N–H and O–H groups in total. The topological polar surface area (TPSA) is 58.6 Å². The second kappa shape index (κ2) is 5.14. The Labute approximate surface area is 99.4 Å². The summed E-state index contributed by atoms with van der Waals surface area (Å²) in [6.07, 6.45) is 0. The fourth-order valence-corrected chi connectivity index (χ4v) is 1.32. The Bertz CT molecular complexity index is 418. The van der Waals surface area contributed by atoms with Crippen LogP contribution >= 0.6 is 0 Å². The molecule has 0 radical (unpaired) electrons. The van der Waals surface area contributed by atoms with E-state index in [1.807, 2.05) is 0 Å². The second-order valence-electron chi connectivity index (χ2n) is 4.10. The molecule has 0 amide bonds. The van der Waals surface area contributed by atoms with Gasteiger partial charge in [-0.05, 0) is 31.5 Å². The van der Waals surface area contributed by atoms with Gasteiger partial charge in [0, 0.05) is 0 Å². The fourth-order valence-electron chi connectivity index (χ4n) is 1.32. The van der Waals surface area contributed by atoms with E-state index < -0.39 is 17.4 Å². The van der Waals surface area contributed by atoms with Gasteiger partial charge < -0.3 is 15.2 Å². The predicted molar refractivity (Wildman–Crippen MR) is 62.3 cm³/mol. The van der Waals surface area contributed by atoms with Crippen LogP contribution in [0.15, 0.2) is 18.2 Å². The monoisotopic (exact) mass is 241 g/mol. The van der Waals surface area contributed by atoms with Crippen LogP contribution in [0.2, 0.25) is 0 Å². The normalized spacial score (nSPS) is 13.9. The Balaban J connectivity index is 2.70. The van der Waals surface area contributed by atoms with Crippen molar-refractivity contribution < 1.29 is 19.0 Å². The van der Waals surface area contributed by atoms with Crippen LogP contribution in [0.3, 0.4) is 0 Å². The van der Waals surface area contributed by atoms with Crippen molar-refractivity contribution in [2.45, 2.75) is 19.4 Å². The number of methoxy groups -OCH3 is 1. The summed E-state index contributed by atoms with van der Waals surface area (Å²) in [4.78, 5) is 11.2. The summed E-state index contributed by atoms with van der Waals surface area (Å²) in [5.41, 5.74) is -0.654. The van der Waals surface area contributed by atoms with Crippen LogP contribution in [0.4, 0.5) is 10.1 Å². The lowest BCUT2D eigenvalue weighted by atomic mass is 10.1. The number of esters is 1. The third-order valence-electron chi connectivity index (χ3n) is 2.37.